The van der Waals surface area contributed by atoms with Crippen LogP contribution in [0.4, 0.5) is 10.1 Å². The van der Waals surface area contributed by atoms with Crippen LogP contribution in [0, 0.1) is 11.7 Å². The average molecular weight is 302 g/mol. The smallest absolute Gasteiger partial charge is 0.164 e. The summed E-state index contributed by atoms with van der Waals surface area (Å²) in [7, 11) is 0. The second-order valence-corrected chi connectivity index (χ2v) is 6.17. The molecule has 1 aliphatic heterocycles. The van der Waals surface area contributed by atoms with Gasteiger partial charge in [-0.1, -0.05) is 0 Å². The largest absolute Gasteiger partial charge is 0.386 e. The quantitative estimate of drug-likeness (QED) is 0.945. The molecule has 6 heteroatoms. The number of hydrogen-bond donors (Lipinski definition) is 1. The summed E-state index contributed by atoms with van der Waals surface area (Å²) in [4.78, 5) is 5.83. The molecule has 1 N–H and O–H groups in total. The van der Waals surface area contributed by atoms with E-state index in [1.165, 1.54) is 6.20 Å². The molecule has 2 aromatic heterocycles. The summed E-state index contributed by atoms with van der Waals surface area (Å²) < 4.78 is 15.9. The zero-order chi connectivity index (χ0) is 15.1. The molecule has 2 aromatic rings. The fraction of sp³-hybridized carbons (Fsp3) is 0.500. The number of halogens is 1. The van der Waals surface area contributed by atoms with Gasteiger partial charge in [0, 0.05) is 19.3 Å². The van der Waals surface area contributed by atoms with E-state index in [2.05, 4.69) is 10.1 Å². The third-order valence-corrected chi connectivity index (χ3v) is 4.50. The third kappa shape index (κ3) is 2.47. The summed E-state index contributed by atoms with van der Waals surface area (Å²) in [5.74, 6) is 0.0709. The Kier molecular flexibility index (Phi) is 3.33. The van der Waals surface area contributed by atoms with Crippen LogP contribution >= 0.6 is 0 Å². The van der Waals surface area contributed by atoms with E-state index in [9.17, 15) is 9.50 Å². The van der Waals surface area contributed by atoms with Gasteiger partial charge in [0.2, 0.25) is 0 Å². The van der Waals surface area contributed by atoms with Crippen LogP contribution in [0.15, 0.2) is 24.5 Å². The van der Waals surface area contributed by atoms with E-state index in [0.717, 1.165) is 43.7 Å². The molecule has 0 bridgehead atoms. The average Bonchev–Trinajstić information content (AvgIpc) is 3.32. The Morgan fingerprint density at radius 3 is 2.95 bits per heavy atom. The lowest BCUT2D eigenvalue weighted by Gasteiger charge is -2.22. The molecule has 0 spiro atoms. The Morgan fingerprint density at radius 2 is 2.18 bits per heavy atom. The van der Waals surface area contributed by atoms with Crippen molar-refractivity contribution < 1.29 is 9.50 Å². The molecule has 22 heavy (non-hydrogen) atoms. The number of hydrogen-bond acceptors (Lipinski definition) is 4. The Hall–Kier alpha value is -1.95. The van der Waals surface area contributed by atoms with Gasteiger partial charge in [0.15, 0.2) is 5.82 Å². The van der Waals surface area contributed by atoms with Gasteiger partial charge >= 0.3 is 0 Å². The number of nitrogens with zero attached hydrogens (tertiary/aromatic N) is 4. The second kappa shape index (κ2) is 5.35. The molecule has 1 saturated carbocycles. The van der Waals surface area contributed by atoms with Crippen molar-refractivity contribution in [2.24, 2.45) is 5.92 Å². The van der Waals surface area contributed by atoms with Crippen LogP contribution in [-0.2, 0) is 13.1 Å². The molecule has 2 aliphatic rings. The van der Waals surface area contributed by atoms with Crippen LogP contribution in [-0.4, -0.2) is 26.4 Å². The summed E-state index contributed by atoms with van der Waals surface area (Å²) in [6.45, 7) is 2.19. The van der Waals surface area contributed by atoms with Crippen molar-refractivity contribution in [1.82, 2.24) is 14.8 Å². The number of aryl methyl sites for hydroxylation is 1. The lowest BCUT2D eigenvalue weighted by Crippen LogP contribution is -2.23. The maximum atomic E-state index is 14.0. The summed E-state index contributed by atoms with van der Waals surface area (Å²) in [6.07, 6.45) is 5.47. The van der Waals surface area contributed by atoms with Crippen LogP contribution in [0.2, 0.25) is 0 Å². The van der Waals surface area contributed by atoms with E-state index in [4.69, 9.17) is 0 Å². The summed E-state index contributed by atoms with van der Waals surface area (Å²) in [6, 6.07) is 3.68. The van der Waals surface area contributed by atoms with Crippen molar-refractivity contribution in [3.05, 3.63) is 41.7 Å². The normalized spacial score (nSPS) is 19.6. The maximum absolute atomic E-state index is 14.0. The predicted molar refractivity (Wildman–Crippen MR) is 79.8 cm³/mol. The molecule has 0 aromatic carbocycles. The molecular weight excluding hydrogens is 283 g/mol. The van der Waals surface area contributed by atoms with Crippen molar-refractivity contribution in [2.75, 3.05) is 11.4 Å². The molecule has 5 nitrogen and oxygen atoms in total. The molecule has 1 atom stereocenters. The zero-order valence-corrected chi connectivity index (χ0v) is 12.3. The monoisotopic (exact) mass is 302 g/mol. The lowest BCUT2D eigenvalue weighted by atomic mass is 10.1. The second-order valence-electron chi connectivity index (χ2n) is 6.17. The summed E-state index contributed by atoms with van der Waals surface area (Å²) >= 11 is 0. The van der Waals surface area contributed by atoms with Gasteiger partial charge in [0.05, 0.1) is 29.8 Å². The first kappa shape index (κ1) is 13.7. The van der Waals surface area contributed by atoms with Gasteiger partial charge in [-0.15, -0.1) is 0 Å². The molecule has 3 heterocycles. The lowest BCUT2D eigenvalue weighted by molar-refractivity contribution is 0.148. The van der Waals surface area contributed by atoms with Crippen LogP contribution < -0.4 is 4.90 Å². The van der Waals surface area contributed by atoms with Crippen molar-refractivity contribution in [2.45, 2.75) is 38.5 Å². The number of anilines is 1. The zero-order valence-electron chi connectivity index (χ0n) is 12.3. The van der Waals surface area contributed by atoms with E-state index in [-0.39, 0.29) is 5.82 Å². The van der Waals surface area contributed by atoms with Crippen molar-refractivity contribution in [3.63, 3.8) is 0 Å². The Bertz CT molecular complexity index is 683. The van der Waals surface area contributed by atoms with Crippen molar-refractivity contribution >= 4 is 5.69 Å². The molecular formula is C16H19FN4O. The highest BCUT2D eigenvalue weighted by Gasteiger charge is 2.33. The molecule has 1 fully saturated rings. The topological polar surface area (TPSA) is 54.2 Å². The van der Waals surface area contributed by atoms with Gasteiger partial charge in [-0.3, -0.25) is 9.67 Å². The number of aromatic nitrogens is 3. The SMILES string of the molecule is OC(c1cc2n(n1)CCCN(c1ccncc1F)C2)C1CC1. The van der Waals surface area contributed by atoms with Gasteiger partial charge in [0.1, 0.15) is 6.10 Å². The maximum Gasteiger partial charge on any atom is 0.164 e. The minimum Gasteiger partial charge on any atom is -0.386 e. The Balaban J connectivity index is 1.61. The van der Waals surface area contributed by atoms with Crippen LogP contribution in [0.3, 0.4) is 0 Å². The fourth-order valence-corrected chi connectivity index (χ4v) is 3.11. The minimum atomic E-state index is -0.453. The van der Waals surface area contributed by atoms with Gasteiger partial charge in [-0.05, 0) is 37.3 Å². The molecule has 0 saturated heterocycles. The van der Waals surface area contributed by atoms with Gasteiger partial charge in [0.25, 0.3) is 0 Å². The van der Waals surface area contributed by atoms with E-state index >= 15 is 0 Å². The first-order valence-electron chi connectivity index (χ1n) is 7.81. The molecule has 0 radical (unpaired) electrons. The van der Waals surface area contributed by atoms with Crippen molar-refractivity contribution in [1.29, 1.82) is 0 Å². The molecule has 1 unspecified atom stereocenters. The molecule has 4 rings (SSSR count). The highest BCUT2D eigenvalue weighted by Crippen LogP contribution is 2.40. The van der Waals surface area contributed by atoms with E-state index in [1.807, 2.05) is 15.6 Å². The summed E-state index contributed by atoms with van der Waals surface area (Å²) in [5, 5.41) is 14.8. The molecule has 1 aliphatic carbocycles. The molecule has 116 valence electrons. The van der Waals surface area contributed by atoms with E-state index < -0.39 is 6.10 Å². The number of fused-ring (bicyclic) bond motifs is 1. The highest BCUT2D eigenvalue weighted by molar-refractivity contribution is 5.46. The minimum absolute atomic E-state index is 0.297. The van der Waals surface area contributed by atoms with Gasteiger partial charge in [-0.2, -0.15) is 5.10 Å². The van der Waals surface area contributed by atoms with E-state index in [0.29, 0.717) is 18.2 Å². The highest BCUT2D eigenvalue weighted by atomic mass is 19.1. The van der Waals surface area contributed by atoms with Gasteiger partial charge < -0.3 is 10.0 Å². The Labute approximate surface area is 128 Å². The van der Waals surface area contributed by atoms with Crippen LogP contribution in [0.1, 0.15) is 36.8 Å². The Morgan fingerprint density at radius 1 is 1.32 bits per heavy atom. The first-order chi connectivity index (χ1) is 10.7. The third-order valence-electron chi connectivity index (χ3n) is 4.50. The first-order valence-corrected chi connectivity index (χ1v) is 7.81. The van der Waals surface area contributed by atoms with E-state index in [1.54, 1.807) is 12.3 Å². The van der Waals surface area contributed by atoms with Crippen LogP contribution in [0.25, 0.3) is 0 Å². The number of aliphatic hydroxyl groups is 1. The van der Waals surface area contributed by atoms with Crippen LogP contribution in [0.5, 0.6) is 0 Å². The van der Waals surface area contributed by atoms with Crippen molar-refractivity contribution in [3.8, 4) is 0 Å². The number of aliphatic hydroxyl groups excluding tert-OH is 1. The van der Waals surface area contributed by atoms with Gasteiger partial charge in [-0.25, -0.2) is 4.39 Å². The molecule has 0 amide bonds. The fourth-order valence-electron chi connectivity index (χ4n) is 3.11. The number of rotatable bonds is 3. The standard InChI is InChI=1S/C16H19FN4O/c17-13-9-18-5-4-15(13)20-6-1-7-21-12(10-20)8-14(19-21)16(22)11-2-3-11/h4-5,8-9,11,16,22H,1-3,6-7,10H2. The summed E-state index contributed by atoms with van der Waals surface area (Å²) in [5.41, 5.74) is 2.37. The predicted octanol–water partition coefficient (Wildman–Crippen LogP) is 2.27. The number of pyridine rings is 1.